The number of sulfonamides is 2. The van der Waals surface area contributed by atoms with E-state index in [0.29, 0.717) is 30.4 Å². The van der Waals surface area contributed by atoms with Gasteiger partial charge in [-0.15, -0.1) is 10.2 Å². The van der Waals surface area contributed by atoms with Crippen molar-refractivity contribution in [2.24, 2.45) is 5.92 Å². The van der Waals surface area contributed by atoms with Crippen molar-refractivity contribution in [3.8, 4) is 11.4 Å². The average Bonchev–Trinajstić information content (AvgIpc) is 3.30. The first-order valence-corrected chi connectivity index (χ1v) is 14.8. The van der Waals surface area contributed by atoms with Gasteiger partial charge in [0, 0.05) is 18.7 Å². The van der Waals surface area contributed by atoms with Gasteiger partial charge < -0.3 is 0 Å². The maximum absolute atomic E-state index is 12.4. The molecule has 1 saturated heterocycles. The Kier molecular flexibility index (Phi) is 7.18. The highest BCUT2D eigenvalue weighted by Crippen LogP contribution is 2.32. The molecule has 2 fully saturated rings. The van der Waals surface area contributed by atoms with Crippen molar-refractivity contribution in [2.75, 3.05) is 26.4 Å². The summed E-state index contributed by atoms with van der Waals surface area (Å²) in [4.78, 5) is 1.64. The number of hydrogen-bond donors (Lipinski definition) is 1. The molecule has 1 atom stereocenters. The van der Waals surface area contributed by atoms with E-state index in [9.17, 15) is 16.8 Å². The normalized spacial score (nSPS) is 21.3. The molecule has 10 nitrogen and oxygen atoms in total. The molecule has 33 heavy (non-hydrogen) atoms. The van der Waals surface area contributed by atoms with Crippen LogP contribution in [0.2, 0.25) is 0 Å². The van der Waals surface area contributed by atoms with E-state index in [1.165, 1.54) is 54.5 Å². The molecular formula is C21H32N6O4S2. The number of piperidine rings is 1. The second-order valence-corrected chi connectivity index (χ2v) is 13.0. The first-order chi connectivity index (χ1) is 15.7. The number of hydrogen-bond acceptors (Lipinski definition) is 7. The molecule has 1 aromatic carbocycles. The molecule has 182 valence electrons. The third-order valence-corrected chi connectivity index (χ3v) is 9.40. The van der Waals surface area contributed by atoms with Crippen LogP contribution in [0.3, 0.4) is 0 Å². The van der Waals surface area contributed by atoms with Crippen LogP contribution in [-0.2, 0) is 26.5 Å². The summed E-state index contributed by atoms with van der Waals surface area (Å²) >= 11 is 0. The molecule has 1 aromatic heterocycles. The van der Waals surface area contributed by atoms with Crippen molar-refractivity contribution in [3.63, 3.8) is 0 Å². The molecule has 4 rings (SSSR count). The minimum atomic E-state index is -3.62. The van der Waals surface area contributed by atoms with Crippen LogP contribution in [0.25, 0.3) is 11.4 Å². The summed E-state index contributed by atoms with van der Waals surface area (Å²) in [5, 5.41) is 13.1. The fourth-order valence-corrected chi connectivity index (χ4v) is 6.49. The van der Waals surface area contributed by atoms with Gasteiger partial charge in [-0.2, -0.15) is 9.10 Å². The lowest BCUT2D eigenvalue weighted by Gasteiger charge is -2.29. The highest BCUT2D eigenvalue weighted by Gasteiger charge is 2.29. The van der Waals surface area contributed by atoms with Crippen LogP contribution in [-0.4, -0.2) is 67.7 Å². The monoisotopic (exact) mass is 496 g/mol. The van der Waals surface area contributed by atoms with Crippen molar-refractivity contribution in [1.82, 2.24) is 29.2 Å². The summed E-state index contributed by atoms with van der Waals surface area (Å²) in [5.74, 6) is 0.923. The van der Waals surface area contributed by atoms with E-state index >= 15 is 0 Å². The van der Waals surface area contributed by atoms with E-state index in [-0.39, 0.29) is 10.9 Å². The molecule has 2 aliphatic rings. The predicted octanol–water partition coefficient (Wildman–Crippen LogP) is 1.97. The standard InChI is InChI=1S/C21H32N6O4S2/c1-22-33(30,31)19-11-10-17(13-16-7-4-3-5-8-16)20(14-19)21-23-25-27(24-21)18-9-6-12-26(15-18)32(2,28)29/h10-11,14,16,18,22H,3-9,12-13,15H2,1-2H3. The lowest BCUT2D eigenvalue weighted by molar-refractivity contribution is 0.236. The number of aromatic nitrogens is 4. The van der Waals surface area contributed by atoms with Gasteiger partial charge >= 0.3 is 0 Å². The molecule has 0 radical (unpaired) electrons. The van der Waals surface area contributed by atoms with Crippen molar-refractivity contribution in [1.29, 1.82) is 0 Å². The van der Waals surface area contributed by atoms with Crippen LogP contribution in [0.1, 0.15) is 56.6 Å². The maximum atomic E-state index is 12.4. The molecule has 0 amide bonds. The molecule has 0 spiro atoms. The largest absolute Gasteiger partial charge is 0.240 e. The predicted molar refractivity (Wildman–Crippen MR) is 124 cm³/mol. The zero-order valence-corrected chi connectivity index (χ0v) is 20.8. The van der Waals surface area contributed by atoms with E-state index in [0.717, 1.165) is 24.8 Å². The molecule has 1 unspecified atom stereocenters. The van der Waals surface area contributed by atoms with E-state index < -0.39 is 20.0 Å². The first kappa shape index (κ1) is 24.2. The van der Waals surface area contributed by atoms with Crippen molar-refractivity contribution in [2.45, 2.75) is 62.3 Å². The van der Waals surface area contributed by atoms with Gasteiger partial charge in [0.1, 0.15) is 0 Å². The molecule has 1 N–H and O–H groups in total. The highest BCUT2D eigenvalue weighted by molar-refractivity contribution is 7.89. The van der Waals surface area contributed by atoms with Gasteiger partial charge in [-0.1, -0.05) is 38.2 Å². The number of rotatable bonds is 7. The van der Waals surface area contributed by atoms with Gasteiger partial charge in [0.05, 0.1) is 17.2 Å². The van der Waals surface area contributed by atoms with Crippen LogP contribution in [0.5, 0.6) is 0 Å². The van der Waals surface area contributed by atoms with Gasteiger partial charge in [-0.25, -0.2) is 21.6 Å². The molecule has 1 aliphatic heterocycles. The van der Waals surface area contributed by atoms with Crippen LogP contribution < -0.4 is 4.72 Å². The zero-order valence-electron chi connectivity index (χ0n) is 19.1. The van der Waals surface area contributed by atoms with Crippen molar-refractivity contribution in [3.05, 3.63) is 23.8 Å². The zero-order chi connectivity index (χ0) is 23.6. The Bertz CT molecular complexity index is 1190. The summed E-state index contributed by atoms with van der Waals surface area (Å²) in [6, 6.07) is 4.90. The fourth-order valence-electron chi connectivity index (χ4n) is 4.83. The minimum Gasteiger partial charge on any atom is -0.214 e. The van der Waals surface area contributed by atoms with Crippen molar-refractivity contribution >= 4 is 20.0 Å². The lowest BCUT2D eigenvalue weighted by Crippen LogP contribution is -2.40. The second-order valence-electron chi connectivity index (χ2n) is 9.09. The quantitative estimate of drug-likeness (QED) is 0.621. The van der Waals surface area contributed by atoms with E-state index in [4.69, 9.17) is 0 Å². The molecular weight excluding hydrogens is 464 g/mol. The molecule has 0 bridgehead atoms. The Morgan fingerprint density at radius 3 is 2.52 bits per heavy atom. The lowest BCUT2D eigenvalue weighted by atomic mass is 9.84. The van der Waals surface area contributed by atoms with Crippen LogP contribution in [0, 0.1) is 5.92 Å². The number of tetrazole rings is 1. The number of nitrogens with one attached hydrogen (secondary N) is 1. The summed E-state index contributed by atoms with van der Waals surface area (Å²) in [6.07, 6.45) is 9.57. The molecule has 12 heteroatoms. The van der Waals surface area contributed by atoms with Crippen molar-refractivity contribution < 1.29 is 16.8 Å². The Morgan fingerprint density at radius 1 is 1.06 bits per heavy atom. The van der Waals surface area contributed by atoms with Crippen LogP contribution in [0.15, 0.2) is 23.1 Å². The summed E-state index contributed by atoms with van der Waals surface area (Å²) in [6.45, 7) is 0.796. The summed E-state index contributed by atoms with van der Waals surface area (Å²) in [5.41, 5.74) is 1.68. The first-order valence-electron chi connectivity index (χ1n) is 11.5. The van der Waals surface area contributed by atoms with Gasteiger partial charge in [0.25, 0.3) is 0 Å². The molecule has 1 saturated carbocycles. The third-order valence-electron chi connectivity index (χ3n) is 6.72. The van der Waals surface area contributed by atoms with Crippen LogP contribution in [0.4, 0.5) is 0 Å². The third kappa shape index (κ3) is 5.61. The van der Waals surface area contributed by atoms with Gasteiger partial charge in [-0.3, -0.25) is 0 Å². The van der Waals surface area contributed by atoms with Crippen LogP contribution >= 0.6 is 0 Å². The van der Waals surface area contributed by atoms with E-state index in [1.54, 1.807) is 12.1 Å². The fraction of sp³-hybridized carbons (Fsp3) is 0.667. The maximum Gasteiger partial charge on any atom is 0.240 e. The second kappa shape index (κ2) is 9.77. The summed E-state index contributed by atoms with van der Waals surface area (Å²) < 4.78 is 52.6. The molecule has 2 aromatic rings. The number of benzene rings is 1. The van der Waals surface area contributed by atoms with Gasteiger partial charge in [0.15, 0.2) is 0 Å². The minimum absolute atomic E-state index is 0.157. The topological polar surface area (TPSA) is 127 Å². The SMILES string of the molecule is CNS(=O)(=O)c1ccc(CC2CCCCC2)c(-c2nnn(C3CCCN(S(C)(=O)=O)C3)n2)c1. The van der Waals surface area contributed by atoms with Gasteiger partial charge in [0.2, 0.25) is 25.9 Å². The van der Waals surface area contributed by atoms with E-state index in [2.05, 4.69) is 20.1 Å². The number of nitrogens with zero attached hydrogens (tertiary/aromatic N) is 5. The van der Waals surface area contributed by atoms with E-state index in [1.807, 2.05) is 6.07 Å². The molecule has 1 aliphatic carbocycles. The smallest absolute Gasteiger partial charge is 0.214 e. The summed E-state index contributed by atoms with van der Waals surface area (Å²) in [7, 11) is -5.53. The average molecular weight is 497 g/mol. The Balaban J connectivity index is 1.66. The Hall–Kier alpha value is -1.89. The molecule has 2 heterocycles. The Labute approximate surface area is 195 Å². The van der Waals surface area contributed by atoms with Gasteiger partial charge in [-0.05, 0) is 55.1 Å². The Morgan fingerprint density at radius 2 is 1.82 bits per heavy atom. The highest BCUT2D eigenvalue weighted by atomic mass is 32.2.